The Labute approximate surface area is 185 Å². The molecule has 1 aliphatic heterocycles. The van der Waals surface area contributed by atoms with Crippen molar-refractivity contribution in [1.82, 2.24) is 10.2 Å². The van der Waals surface area contributed by atoms with E-state index in [4.69, 9.17) is 9.57 Å². The van der Waals surface area contributed by atoms with Gasteiger partial charge in [-0.15, -0.1) is 0 Å². The molecule has 6 nitrogen and oxygen atoms in total. The number of amides is 1. The van der Waals surface area contributed by atoms with Gasteiger partial charge < -0.3 is 19.8 Å². The van der Waals surface area contributed by atoms with Crippen LogP contribution in [0.5, 0.6) is 5.75 Å². The van der Waals surface area contributed by atoms with Crippen LogP contribution in [-0.4, -0.2) is 49.3 Å². The Balaban J connectivity index is 1.51. The Morgan fingerprint density at radius 2 is 1.72 bits per heavy atom. The predicted octanol–water partition coefficient (Wildman–Crippen LogP) is 3.85. The molecule has 3 rings (SSSR count). The van der Waals surface area contributed by atoms with E-state index in [9.17, 15) is 18.0 Å². The van der Waals surface area contributed by atoms with Crippen LogP contribution in [0.2, 0.25) is 0 Å². The van der Waals surface area contributed by atoms with E-state index in [1.54, 1.807) is 17.0 Å². The van der Waals surface area contributed by atoms with Crippen molar-refractivity contribution in [1.29, 1.82) is 0 Å². The SMILES string of the molecule is CCC(=NOCc1ccc(C(F)(F)F)cc1)c1ccc(OCC(=O)N2CCNCC2)cc1. The van der Waals surface area contributed by atoms with Crippen molar-refractivity contribution in [3.63, 3.8) is 0 Å². The summed E-state index contributed by atoms with van der Waals surface area (Å²) in [6, 6.07) is 12.0. The van der Waals surface area contributed by atoms with Gasteiger partial charge in [0, 0.05) is 26.2 Å². The number of ether oxygens (including phenoxy) is 1. The minimum atomic E-state index is -4.36. The van der Waals surface area contributed by atoms with Crippen molar-refractivity contribution in [3.05, 3.63) is 65.2 Å². The highest BCUT2D eigenvalue weighted by Gasteiger charge is 2.29. The van der Waals surface area contributed by atoms with Crippen LogP contribution in [-0.2, 0) is 22.4 Å². The van der Waals surface area contributed by atoms with Crippen LogP contribution in [0.3, 0.4) is 0 Å². The van der Waals surface area contributed by atoms with Gasteiger partial charge in [0.2, 0.25) is 0 Å². The summed E-state index contributed by atoms with van der Waals surface area (Å²) in [5.74, 6) is 0.543. The molecule has 0 spiro atoms. The van der Waals surface area contributed by atoms with Crippen LogP contribution in [0.25, 0.3) is 0 Å². The molecule has 0 saturated carbocycles. The zero-order valence-electron chi connectivity index (χ0n) is 17.8. The molecule has 172 valence electrons. The van der Waals surface area contributed by atoms with E-state index in [0.29, 0.717) is 36.5 Å². The number of hydrogen-bond acceptors (Lipinski definition) is 5. The van der Waals surface area contributed by atoms with Crippen molar-refractivity contribution in [2.75, 3.05) is 32.8 Å². The molecule has 1 amide bonds. The largest absolute Gasteiger partial charge is 0.484 e. The maximum atomic E-state index is 12.6. The lowest BCUT2D eigenvalue weighted by molar-refractivity contribution is -0.137. The first-order chi connectivity index (χ1) is 15.4. The molecule has 2 aromatic carbocycles. The maximum Gasteiger partial charge on any atom is 0.416 e. The molecule has 0 aromatic heterocycles. The van der Waals surface area contributed by atoms with Gasteiger partial charge in [0.25, 0.3) is 5.91 Å². The fraction of sp³-hybridized carbons (Fsp3) is 0.391. The fourth-order valence-corrected chi connectivity index (χ4v) is 3.19. The van der Waals surface area contributed by atoms with Crippen molar-refractivity contribution < 1.29 is 27.5 Å². The molecule has 9 heteroatoms. The summed E-state index contributed by atoms with van der Waals surface area (Å²) in [4.78, 5) is 19.3. The number of halogens is 3. The molecule has 32 heavy (non-hydrogen) atoms. The molecule has 1 N–H and O–H groups in total. The summed E-state index contributed by atoms with van der Waals surface area (Å²) < 4.78 is 43.5. The first kappa shape index (κ1) is 23.6. The second-order valence-corrected chi connectivity index (χ2v) is 7.30. The molecule has 0 bridgehead atoms. The van der Waals surface area contributed by atoms with Crippen LogP contribution in [0.15, 0.2) is 53.7 Å². The van der Waals surface area contributed by atoms with Gasteiger partial charge in [-0.2, -0.15) is 13.2 Å². The summed E-state index contributed by atoms with van der Waals surface area (Å²) in [5, 5.41) is 7.33. The van der Waals surface area contributed by atoms with E-state index >= 15 is 0 Å². The molecule has 1 saturated heterocycles. The molecule has 0 atom stereocenters. The smallest absolute Gasteiger partial charge is 0.416 e. The van der Waals surface area contributed by atoms with E-state index in [1.165, 1.54) is 12.1 Å². The van der Waals surface area contributed by atoms with Gasteiger partial charge >= 0.3 is 6.18 Å². The third kappa shape index (κ3) is 6.71. The number of rotatable bonds is 8. The third-order valence-corrected chi connectivity index (χ3v) is 5.04. The monoisotopic (exact) mass is 449 g/mol. The van der Waals surface area contributed by atoms with Crippen LogP contribution in [0, 0.1) is 0 Å². The standard InChI is InChI=1S/C23H26F3N3O3/c1-2-21(28-32-15-17-3-7-19(8-4-17)23(24,25)26)18-5-9-20(10-6-18)31-16-22(30)29-13-11-27-12-14-29/h3-10,27H,2,11-16H2,1H3. The number of hydrogen-bond donors (Lipinski definition) is 1. The van der Waals surface area contributed by atoms with Gasteiger partial charge in [0.05, 0.1) is 11.3 Å². The lowest BCUT2D eigenvalue weighted by Gasteiger charge is -2.27. The zero-order chi connectivity index (χ0) is 23.0. The van der Waals surface area contributed by atoms with Crippen molar-refractivity contribution in [2.24, 2.45) is 5.16 Å². The summed E-state index contributed by atoms with van der Waals surface area (Å²) in [6.07, 6.45) is -3.75. The van der Waals surface area contributed by atoms with E-state index in [2.05, 4.69) is 10.5 Å². The highest BCUT2D eigenvalue weighted by Crippen LogP contribution is 2.29. The summed E-state index contributed by atoms with van der Waals surface area (Å²) in [7, 11) is 0. The fourth-order valence-electron chi connectivity index (χ4n) is 3.19. The lowest BCUT2D eigenvalue weighted by Crippen LogP contribution is -2.47. The molecule has 2 aromatic rings. The van der Waals surface area contributed by atoms with Gasteiger partial charge in [-0.05, 0) is 53.9 Å². The van der Waals surface area contributed by atoms with Crippen molar-refractivity contribution >= 4 is 11.6 Å². The Hall–Kier alpha value is -3.07. The van der Waals surface area contributed by atoms with E-state index < -0.39 is 11.7 Å². The molecule has 1 fully saturated rings. The van der Waals surface area contributed by atoms with Gasteiger partial charge in [-0.1, -0.05) is 24.2 Å². The molecule has 0 unspecified atom stereocenters. The Morgan fingerprint density at radius 3 is 2.31 bits per heavy atom. The number of carbonyl (C=O) groups excluding carboxylic acids is 1. The number of alkyl halides is 3. The molecule has 0 radical (unpaired) electrons. The third-order valence-electron chi connectivity index (χ3n) is 5.04. The Kier molecular flexibility index (Phi) is 8.10. The maximum absolute atomic E-state index is 12.6. The number of carbonyl (C=O) groups is 1. The summed E-state index contributed by atoms with van der Waals surface area (Å²) >= 11 is 0. The summed E-state index contributed by atoms with van der Waals surface area (Å²) in [5.41, 5.74) is 1.42. The predicted molar refractivity (Wildman–Crippen MR) is 114 cm³/mol. The molecule has 1 heterocycles. The number of nitrogens with zero attached hydrogens (tertiary/aromatic N) is 2. The minimum absolute atomic E-state index is 0.00961. The van der Waals surface area contributed by atoms with Gasteiger partial charge in [0.1, 0.15) is 12.4 Å². The average Bonchev–Trinajstić information content (AvgIpc) is 2.81. The molecule has 1 aliphatic rings. The summed E-state index contributed by atoms with van der Waals surface area (Å²) in [6.45, 7) is 4.94. The van der Waals surface area contributed by atoms with E-state index in [-0.39, 0.29) is 19.1 Å². The Bertz CT molecular complexity index is 907. The van der Waals surface area contributed by atoms with Gasteiger partial charge in [-0.25, -0.2) is 0 Å². The van der Waals surface area contributed by atoms with Crippen LogP contribution >= 0.6 is 0 Å². The quantitative estimate of drug-likeness (QED) is 0.491. The van der Waals surface area contributed by atoms with Crippen LogP contribution in [0.1, 0.15) is 30.0 Å². The normalized spacial score (nSPS) is 14.9. The van der Waals surface area contributed by atoms with Crippen LogP contribution in [0.4, 0.5) is 13.2 Å². The number of oxime groups is 1. The van der Waals surface area contributed by atoms with Gasteiger partial charge in [-0.3, -0.25) is 4.79 Å². The highest BCUT2D eigenvalue weighted by atomic mass is 19.4. The van der Waals surface area contributed by atoms with E-state index in [1.807, 2.05) is 19.1 Å². The topological polar surface area (TPSA) is 63.2 Å². The minimum Gasteiger partial charge on any atom is -0.484 e. The average molecular weight is 449 g/mol. The highest BCUT2D eigenvalue weighted by molar-refractivity contribution is 6.00. The van der Waals surface area contributed by atoms with Gasteiger partial charge in [0.15, 0.2) is 6.61 Å². The number of nitrogens with one attached hydrogen (secondary N) is 1. The molecular weight excluding hydrogens is 423 g/mol. The van der Waals surface area contributed by atoms with E-state index in [0.717, 1.165) is 30.8 Å². The zero-order valence-corrected chi connectivity index (χ0v) is 17.8. The molecule has 0 aliphatic carbocycles. The Morgan fingerprint density at radius 1 is 1.06 bits per heavy atom. The first-order valence-electron chi connectivity index (χ1n) is 10.4. The van der Waals surface area contributed by atoms with Crippen LogP contribution < -0.4 is 10.1 Å². The van der Waals surface area contributed by atoms with Crippen molar-refractivity contribution in [2.45, 2.75) is 26.1 Å². The second kappa shape index (κ2) is 11.0. The first-order valence-corrected chi connectivity index (χ1v) is 10.4. The number of piperazine rings is 1. The second-order valence-electron chi connectivity index (χ2n) is 7.30. The number of benzene rings is 2. The van der Waals surface area contributed by atoms with Crippen molar-refractivity contribution in [3.8, 4) is 5.75 Å². The molecular formula is C23H26F3N3O3. The lowest BCUT2D eigenvalue weighted by atomic mass is 10.1.